The summed E-state index contributed by atoms with van der Waals surface area (Å²) in [4.78, 5) is 37.1. The van der Waals surface area contributed by atoms with Gasteiger partial charge in [0.1, 0.15) is 18.0 Å². The van der Waals surface area contributed by atoms with Gasteiger partial charge < -0.3 is 14.8 Å². The van der Waals surface area contributed by atoms with Gasteiger partial charge >= 0.3 is 0 Å². The summed E-state index contributed by atoms with van der Waals surface area (Å²) in [5.41, 5.74) is 0.460. The van der Waals surface area contributed by atoms with Crippen molar-refractivity contribution in [3.05, 3.63) is 52.6 Å². The van der Waals surface area contributed by atoms with Crippen molar-refractivity contribution in [2.45, 2.75) is 19.4 Å². The lowest BCUT2D eigenvalue weighted by molar-refractivity contribution is -0.384. The Balaban J connectivity index is 1.89. The normalized spacial score (nSPS) is 15.4. The zero-order valence-electron chi connectivity index (χ0n) is 15.4. The molecule has 0 aliphatic carbocycles. The molecule has 3 rings (SSSR count). The van der Waals surface area contributed by atoms with Gasteiger partial charge in [-0.3, -0.25) is 24.6 Å². The van der Waals surface area contributed by atoms with Gasteiger partial charge in [0.2, 0.25) is 5.91 Å². The van der Waals surface area contributed by atoms with Crippen LogP contribution < -0.4 is 19.7 Å². The molecule has 0 saturated carbocycles. The average molecular weight is 385 g/mol. The molecule has 2 amide bonds. The van der Waals surface area contributed by atoms with E-state index >= 15 is 0 Å². The van der Waals surface area contributed by atoms with Crippen molar-refractivity contribution in [3.8, 4) is 11.5 Å². The van der Waals surface area contributed by atoms with Gasteiger partial charge in [-0.05, 0) is 24.6 Å². The molecule has 0 fully saturated rings. The number of benzene rings is 2. The van der Waals surface area contributed by atoms with Crippen molar-refractivity contribution in [2.75, 3.05) is 23.9 Å². The molecule has 1 N–H and O–H groups in total. The molecule has 9 nitrogen and oxygen atoms in total. The number of nitro groups is 1. The number of hydrogen-bond acceptors (Lipinski definition) is 6. The van der Waals surface area contributed by atoms with Crippen molar-refractivity contribution in [1.82, 2.24) is 0 Å². The fourth-order valence-corrected chi connectivity index (χ4v) is 2.93. The fraction of sp³-hybridized carbons (Fsp3) is 0.263. The first-order valence-corrected chi connectivity index (χ1v) is 8.64. The summed E-state index contributed by atoms with van der Waals surface area (Å²) >= 11 is 0. The Morgan fingerprint density at radius 2 is 2.07 bits per heavy atom. The quantitative estimate of drug-likeness (QED) is 0.605. The van der Waals surface area contributed by atoms with E-state index in [1.807, 2.05) is 0 Å². The van der Waals surface area contributed by atoms with Crippen LogP contribution in [0.3, 0.4) is 0 Å². The van der Waals surface area contributed by atoms with E-state index in [9.17, 15) is 19.7 Å². The third-order valence-corrected chi connectivity index (χ3v) is 4.31. The highest BCUT2D eigenvalue weighted by Crippen LogP contribution is 2.37. The number of nitrogens with zero attached hydrogens (tertiary/aromatic N) is 2. The first kappa shape index (κ1) is 19.2. The van der Waals surface area contributed by atoms with Crippen LogP contribution in [-0.4, -0.2) is 36.5 Å². The Hall–Kier alpha value is -3.62. The molecule has 2 aromatic rings. The second-order valence-electron chi connectivity index (χ2n) is 6.10. The van der Waals surface area contributed by atoms with Gasteiger partial charge in [-0.15, -0.1) is 0 Å². The summed E-state index contributed by atoms with van der Waals surface area (Å²) < 4.78 is 10.8. The van der Waals surface area contributed by atoms with Crippen molar-refractivity contribution >= 4 is 28.9 Å². The van der Waals surface area contributed by atoms with E-state index in [1.165, 1.54) is 30.2 Å². The SMILES string of the molecule is CCC1Oc2ccc([N+](=O)[O-])cc2N(CC(=O)Nc2ccccc2OC)C1=O. The molecule has 0 saturated heterocycles. The van der Waals surface area contributed by atoms with Crippen LogP contribution in [0.15, 0.2) is 42.5 Å². The monoisotopic (exact) mass is 385 g/mol. The first-order chi connectivity index (χ1) is 13.4. The van der Waals surface area contributed by atoms with E-state index in [2.05, 4.69) is 5.32 Å². The molecule has 0 bridgehead atoms. The van der Waals surface area contributed by atoms with E-state index in [0.717, 1.165) is 0 Å². The molecule has 0 radical (unpaired) electrons. The third kappa shape index (κ3) is 3.73. The average Bonchev–Trinajstić information content (AvgIpc) is 2.69. The van der Waals surface area contributed by atoms with Crippen LogP contribution >= 0.6 is 0 Å². The number of ether oxygens (including phenoxy) is 2. The first-order valence-electron chi connectivity index (χ1n) is 8.64. The molecule has 146 valence electrons. The number of anilines is 2. The minimum absolute atomic E-state index is 0.194. The number of fused-ring (bicyclic) bond motifs is 1. The highest BCUT2D eigenvalue weighted by Gasteiger charge is 2.35. The summed E-state index contributed by atoms with van der Waals surface area (Å²) in [7, 11) is 1.48. The Morgan fingerprint density at radius 3 is 2.75 bits per heavy atom. The van der Waals surface area contributed by atoms with Crippen LogP contribution in [0, 0.1) is 10.1 Å². The highest BCUT2D eigenvalue weighted by atomic mass is 16.6. The molecule has 2 aromatic carbocycles. The Bertz CT molecular complexity index is 930. The standard InChI is InChI=1S/C19H19N3O6/c1-3-15-19(24)21(14-10-12(22(25)26)8-9-17(14)28-15)11-18(23)20-13-6-4-5-7-16(13)27-2/h4-10,15H,3,11H2,1-2H3,(H,20,23). The van der Waals surface area contributed by atoms with Gasteiger partial charge in [0, 0.05) is 12.1 Å². The predicted molar refractivity (Wildman–Crippen MR) is 102 cm³/mol. The molecule has 0 aromatic heterocycles. The molecule has 1 aliphatic heterocycles. The summed E-state index contributed by atoms with van der Waals surface area (Å²) in [5, 5.41) is 13.8. The van der Waals surface area contributed by atoms with Crippen LogP contribution in [0.4, 0.5) is 17.1 Å². The van der Waals surface area contributed by atoms with Gasteiger partial charge in [-0.25, -0.2) is 0 Å². The van der Waals surface area contributed by atoms with Crippen LogP contribution in [0.25, 0.3) is 0 Å². The molecule has 1 heterocycles. The molecule has 28 heavy (non-hydrogen) atoms. The summed E-state index contributed by atoms with van der Waals surface area (Å²) in [6.45, 7) is 1.47. The lowest BCUT2D eigenvalue weighted by atomic mass is 10.1. The maximum Gasteiger partial charge on any atom is 0.271 e. The van der Waals surface area contributed by atoms with E-state index in [0.29, 0.717) is 23.6 Å². The van der Waals surface area contributed by atoms with Crippen molar-refractivity contribution in [3.63, 3.8) is 0 Å². The Kier molecular flexibility index (Phi) is 5.44. The summed E-state index contributed by atoms with van der Waals surface area (Å²) in [6.07, 6.45) is -0.354. The summed E-state index contributed by atoms with van der Waals surface area (Å²) in [6, 6.07) is 10.8. The van der Waals surface area contributed by atoms with E-state index in [-0.39, 0.29) is 17.9 Å². The Labute approximate surface area is 161 Å². The highest BCUT2D eigenvalue weighted by molar-refractivity contribution is 6.06. The number of nitrogens with one attached hydrogen (secondary N) is 1. The third-order valence-electron chi connectivity index (χ3n) is 4.31. The minimum Gasteiger partial charge on any atom is -0.495 e. The van der Waals surface area contributed by atoms with E-state index in [4.69, 9.17) is 9.47 Å². The molecular formula is C19H19N3O6. The molecule has 1 aliphatic rings. The molecule has 9 heteroatoms. The van der Waals surface area contributed by atoms with Gasteiger partial charge in [0.25, 0.3) is 11.6 Å². The van der Waals surface area contributed by atoms with Crippen LogP contribution in [0.1, 0.15) is 13.3 Å². The number of carbonyl (C=O) groups is 2. The number of carbonyl (C=O) groups excluding carboxylic acids is 2. The van der Waals surface area contributed by atoms with Gasteiger partial charge in [0.15, 0.2) is 6.10 Å². The molecule has 1 unspecified atom stereocenters. The second kappa shape index (κ2) is 7.95. The maximum absolute atomic E-state index is 12.7. The van der Waals surface area contributed by atoms with Crippen molar-refractivity contribution in [2.24, 2.45) is 0 Å². The topological polar surface area (TPSA) is 111 Å². The van der Waals surface area contributed by atoms with Gasteiger partial charge in [0.05, 0.1) is 23.4 Å². The molecule has 1 atom stereocenters. The lowest BCUT2D eigenvalue weighted by Gasteiger charge is -2.33. The minimum atomic E-state index is -0.756. The number of non-ortho nitro benzene ring substituents is 1. The number of amides is 2. The smallest absolute Gasteiger partial charge is 0.271 e. The molecular weight excluding hydrogens is 366 g/mol. The lowest BCUT2D eigenvalue weighted by Crippen LogP contribution is -2.48. The number of para-hydroxylation sites is 2. The van der Waals surface area contributed by atoms with Crippen LogP contribution in [0.2, 0.25) is 0 Å². The number of rotatable bonds is 6. The number of nitro benzene ring substituents is 1. The van der Waals surface area contributed by atoms with E-state index in [1.54, 1.807) is 31.2 Å². The van der Waals surface area contributed by atoms with Gasteiger partial charge in [-0.1, -0.05) is 19.1 Å². The van der Waals surface area contributed by atoms with Crippen LogP contribution in [0.5, 0.6) is 11.5 Å². The fourth-order valence-electron chi connectivity index (χ4n) is 2.93. The van der Waals surface area contributed by atoms with Crippen molar-refractivity contribution in [1.29, 1.82) is 0 Å². The summed E-state index contributed by atoms with van der Waals surface area (Å²) in [5.74, 6) is -0.0912. The number of methoxy groups -OCH3 is 1. The van der Waals surface area contributed by atoms with Crippen molar-refractivity contribution < 1.29 is 24.0 Å². The van der Waals surface area contributed by atoms with Gasteiger partial charge in [-0.2, -0.15) is 0 Å². The maximum atomic E-state index is 12.7. The second-order valence-corrected chi connectivity index (χ2v) is 6.10. The largest absolute Gasteiger partial charge is 0.495 e. The van der Waals surface area contributed by atoms with E-state index < -0.39 is 22.8 Å². The van der Waals surface area contributed by atoms with Crippen LogP contribution in [-0.2, 0) is 9.59 Å². The number of hydrogen-bond donors (Lipinski definition) is 1. The molecule has 0 spiro atoms. The zero-order valence-corrected chi connectivity index (χ0v) is 15.4. The zero-order chi connectivity index (χ0) is 20.3. The predicted octanol–water partition coefficient (Wildman–Crippen LogP) is 2.75. The Morgan fingerprint density at radius 1 is 1.32 bits per heavy atom.